The van der Waals surface area contributed by atoms with Crippen LogP contribution in [0.25, 0.3) is 0 Å². The van der Waals surface area contributed by atoms with Crippen molar-refractivity contribution in [1.29, 1.82) is 0 Å². The molecular weight excluding hydrogens is 207 g/mol. The Morgan fingerprint density at radius 3 is 2.23 bits per heavy atom. The topological polar surface area (TPSA) is 25.8 Å². The van der Waals surface area contributed by atoms with E-state index in [1.807, 2.05) is 32.9 Å². The third kappa shape index (κ3) is 2.82. The number of rotatable bonds is 2. The average Bonchev–Trinajstić information content (AvgIpc) is 2.03. The van der Waals surface area contributed by atoms with Gasteiger partial charge in [0.2, 0.25) is 0 Å². The molecule has 1 rings (SSSR count). The first kappa shape index (κ1) is 10.7. The van der Waals surface area contributed by atoms with Crippen LogP contribution >= 0.6 is 23.2 Å². The number of aromatic nitrogens is 2. The standard InChI is InChI=1S/C9H12Cl2N2/c1-6(10)7-4-5-8(13-12-7)9(2,3)11/h4-6H,1-3H3. The minimum absolute atomic E-state index is 0.111. The molecule has 1 unspecified atom stereocenters. The number of hydrogen-bond donors (Lipinski definition) is 0. The highest BCUT2D eigenvalue weighted by Gasteiger charge is 2.18. The molecule has 1 aromatic heterocycles. The van der Waals surface area contributed by atoms with Crippen molar-refractivity contribution in [2.75, 3.05) is 0 Å². The van der Waals surface area contributed by atoms with Gasteiger partial charge in [-0.3, -0.25) is 0 Å². The third-order valence-electron chi connectivity index (χ3n) is 1.70. The molecule has 0 aliphatic heterocycles. The van der Waals surface area contributed by atoms with Crippen molar-refractivity contribution in [2.24, 2.45) is 0 Å². The van der Waals surface area contributed by atoms with Crippen LogP contribution in [0.5, 0.6) is 0 Å². The van der Waals surface area contributed by atoms with Crippen LogP contribution in [-0.2, 0) is 4.87 Å². The van der Waals surface area contributed by atoms with Crippen molar-refractivity contribution in [2.45, 2.75) is 31.0 Å². The molecule has 0 saturated carbocycles. The lowest BCUT2D eigenvalue weighted by Gasteiger charge is -2.14. The first-order valence-electron chi connectivity index (χ1n) is 4.08. The lowest BCUT2D eigenvalue weighted by molar-refractivity contribution is 0.698. The van der Waals surface area contributed by atoms with Gasteiger partial charge in [-0.05, 0) is 32.9 Å². The van der Waals surface area contributed by atoms with Gasteiger partial charge in [0.15, 0.2) is 0 Å². The SMILES string of the molecule is CC(Cl)c1ccc(C(C)(C)Cl)nn1. The van der Waals surface area contributed by atoms with Gasteiger partial charge in [-0.1, -0.05) is 0 Å². The minimum Gasteiger partial charge on any atom is -0.154 e. The molecule has 0 aromatic carbocycles. The Morgan fingerprint density at radius 2 is 1.92 bits per heavy atom. The number of halogens is 2. The molecule has 0 fully saturated rings. The third-order valence-corrected chi connectivity index (χ3v) is 2.12. The first-order valence-corrected chi connectivity index (χ1v) is 4.90. The van der Waals surface area contributed by atoms with E-state index in [1.54, 1.807) is 0 Å². The highest BCUT2D eigenvalue weighted by atomic mass is 35.5. The maximum atomic E-state index is 6.05. The van der Waals surface area contributed by atoms with Gasteiger partial charge in [0.25, 0.3) is 0 Å². The molecule has 1 aromatic rings. The summed E-state index contributed by atoms with van der Waals surface area (Å²) in [6.45, 7) is 5.61. The van der Waals surface area contributed by atoms with E-state index in [-0.39, 0.29) is 5.38 Å². The Hall–Kier alpha value is -0.340. The maximum Gasteiger partial charge on any atom is 0.0835 e. The molecule has 0 bridgehead atoms. The van der Waals surface area contributed by atoms with E-state index in [0.717, 1.165) is 11.4 Å². The van der Waals surface area contributed by atoms with Gasteiger partial charge in [-0.25, -0.2) is 0 Å². The Morgan fingerprint density at radius 1 is 1.31 bits per heavy atom. The molecule has 0 aliphatic carbocycles. The predicted octanol–water partition coefficient (Wildman–Crippen LogP) is 3.25. The zero-order valence-corrected chi connectivity index (χ0v) is 9.39. The van der Waals surface area contributed by atoms with Crippen molar-refractivity contribution in [3.63, 3.8) is 0 Å². The van der Waals surface area contributed by atoms with Crippen molar-refractivity contribution in [3.8, 4) is 0 Å². The summed E-state index contributed by atoms with van der Waals surface area (Å²) in [6.07, 6.45) is 0. The van der Waals surface area contributed by atoms with Crippen molar-refractivity contribution < 1.29 is 0 Å². The second-order valence-electron chi connectivity index (χ2n) is 3.43. The molecule has 13 heavy (non-hydrogen) atoms. The van der Waals surface area contributed by atoms with Crippen LogP contribution in [0.1, 0.15) is 37.5 Å². The highest BCUT2D eigenvalue weighted by molar-refractivity contribution is 6.23. The van der Waals surface area contributed by atoms with Crippen LogP contribution in [0.2, 0.25) is 0 Å². The number of nitrogens with zero attached hydrogens (tertiary/aromatic N) is 2. The second kappa shape index (κ2) is 3.81. The fraction of sp³-hybridized carbons (Fsp3) is 0.556. The lowest BCUT2D eigenvalue weighted by Crippen LogP contribution is -2.11. The van der Waals surface area contributed by atoms with Crippen LogP contribution < -0.4 is 0 Å². The molecule has 1 heterocycles. The summed E-state index contributed by atoms with van der Waals surface area (Å²) < 4.78 is 0. The molecule has 0 spiro atoms. The summed E-state index contributed by atoms with van der Waals surface area (Å²) in [4.78, 5) is -0.471. The zero-order valence-electron chi connectivity index (χ0n) is 7.88. The van der Waals surface area contributed by atoms with Crippen LogP contribution in [0, 0.1) is 0 Å². The van der Waals surface area contributed by atoms with E-state index in [0.29, 0.717) is 0 Å². The Kier molecular flexibility index (Phi) is 3.14. The van der Waals surface area contributed by atoms with Crippen LogP contribution in [0.15, 0.2) is 12.1 Å². The average molecular weight is 219 g/mol. The quantitative estimate of drug-likeness (QED) is 0.713. The minimum atomic E-state index is -0.471. The number of hydrogen-bond acceptors (Lipinski definition) is 2. The molecule has 72 valence electrons. The smallest absolute Gasteiger partial charge is 0.0835 e. The summed E-state index contributed by atoms with van der Waals surface area (Å²) in [5.41, 5.74) is 1.53. The predicted molar refractivity (Wildman–Crippen MR) is 55.2 cm³/mol. The van der Waals surface area contributed by atoms with Gasteiger partial charge >= 0.3 is 0 Å². The van der Waals surface area contributed by atoms with Gasteiger partial charge < -0.3 is 0 Å². The molecule has 2 nitrogen and oxygen atoms in total. The van der Waals surface area contributed by atoms with Crippen molar-refractivity contribution in [1.82, 2.24) is 10.2 Å². The molecule has 0 aliphatic rings. The van der Waals surface area contributed by atoms with Crippen LogP contribution in [-0.4, -0.2) is 10.2 Å². The fourth-order valence-electron chi connectivity index (χ4n) is 0.872. The zero-order chi connectivity index (χ0) is 10.1. The van der Waals surface area contributed by atoms with E-state index < -0.39 is 4.87 Å². The first-order chi connectivity index (χ1) is 5.91. The van der Waals surface area contributed by atoms with Gasteiger partial charge in [0, 0.05) is 0 Å². The van der Waals surface area contributed by atoms with Crippen LogP contribution in [0.4, 0.5) is 0 Å². The lowest BCUT2D eigenvalue weighted by atomic mass is 10.1. The maximum absolute atomic E-state index is 6.05. The van der Waals surface area contributed by atoms with E-state index in [2.05, 4.69) is 10.2 Å². The Labute approximate surface area is 88.3 Å². The molecule has 0 amide bonds. The summed E-state index contributed by atoms with van der Waals surface area (Å²) in [5, 5.41) is 7.87. The second-order valence-corrected chi connectivity index (χ2v) is 5.03. The molecule has 0 N–H and O–H groups in total. The summed E-state index contributed by atoms with van der Waals surface area (Å²) in [5.74, 6) is 0. The van der Waals surface area contributed by atoms with E-state index in [4.69, 9.17) is 23.2 Å². The molecular formula is C9H12Cl2N2. The summed E-state index contributed by atoms with van der Waals surface area (Å²) >= 11 is 11.9. The largest absolute Gasteiger partial charge is 0.154 e. The van der Waals surface area contributed by atoms with Gasteiger partial charge in [-0.2, -0.15) is 10.2 Å². The van der Waals surface area contributed by atoms with Gasteiger partial charge in [0.1, 0.15) is 0 Å². The molecule has 4 heteroatoms. The highest BCUT2D eigenvalue weighted by Crippen LogP contribution is 2.26. The molecule has 0 radical (unpaired) electrons. The van der Waals surface area contributed by atoms with E-state index >= 15 is 0 Å². The van der Waals surface area contributed by atoms with Crippen molar-refractivity contribution in [3.05, 3.63) is 23.5 Å². The Bertz CT molecular complexity index is 275. The normalized spacial score (nSPS) is 14.2. The summed E-state index contributed by atoms with van der Waals surface area (Å²) in [7, 11) is 0. The monoisotopic (exact) mass is 218 g/mol. The van der Waals surface area contributed by atoms with E-state index in [9.17, 15) is 0 Å². The molecule has 1 atom stereocenters. The summed E-state index contributed by atoms with van der Waals surface area (Å²) in [6, 6.07) is 3.71. The molecule has 0 saturated heterocycles. The van der Waals surface area contributed by atoms with E-state index in [1.165, 1.54) is 0 Å². The van der Waals surface area contributed by atoms with Crippen molar-refractivity contribution >= 4 is 23.2 Å². The van der Waals surface area contributed by atoms with Gasteiger partial charge in [-0.15, -0.1) is 23.2 Å². The van der Waals surface area contributed by atoms with Gasteiger partial charge in [0.05, 0.1) is 21.6 Å². The Balaban J connectivity index is 2.94. The van der Waals surface area contributed by atoms with Crippen LogP contribution in [0.3, 0.4) is 0 Å². The fourth-order valence-corrected chi connectivity index (χ4v) is 1.09. The number of alkyl halides is 2.